The van der Waals surface area contributed by atoms with E-state index in [1.54, 1.807) is 6.07 Å². The normalized spacial score (nSPS) is 28.9. The first-order valence-electron chi connectivity index (χ1n) is 11.8. The Balaban J connectivity index is 1.51. The minimum Gasteiger partial charge on any atom is -0.446 e. The maximum absolute atomic E-state index is 13.2. The van der Waals surface area contributed by atoms with E-state index >= 15 is 0 Å². The average Bonchev–Trinajstić information content (AvgIpc) is 3.42. The number of hydrogen-bond donors (Lipinski definition) is 2. The number of rotatable bonds is 4. The molecule has 4 atom stereocenters. The van der Waals surface area contributed by atoms with E-state index in [9.17, 15) is 9.59 Å². The third-order valence-corrected chi connectivity index (χ3v) is 8.57. The van der Waals surface area contributed by atoms with Crippen LogP contribution >= 0.6 is 34.8 Å². The molecule has 1 heterocycles. The number of ether oxygens (including phenoxy) is 1. The van der Waals surface area contributed by atoms with Gasteiger partial charge < -0.3 is 15.4 Å². The van der Waals surface area contributed by atoms with E-state index in [2.05, 4.69) is 10.6 Å². The lowest BCUT2D eigenvalue weighted by Gasteiger charge is -2.46. The van der Waals surface area contributed by atoms with E-state index in [0.29, 0.717) is 34.5 Å². The fourth-order valence-electron chi connectivity index (χ4n) is 6.16. The van der Waals surface area contributed by atoms with E-state index in [0.717, 1.165) is 36.8 Å². The van der Waals surface area contributed by atoms with Crippen LogP contribution in [0.2, 0.25) is 15.1 Å². The highest BCUT2D eigenvalue weighted by atomic mass is 35.5. The van der Waals surface area contributed by atoms with E-state index in [4.69, 9.17) is 39.5 Å². The summed E-state index contributed by atoms with van der Waals surface area (Å²) in [5, 5.41) is 7.87. The lowest BCUT2D eigenvalue weighted by molar-refractivity contribution is -0.126. The van der Waals surface area contributed by atoms with Crippen LogP contribution in [0.15, 0.2) is 42.5 Å². The molecule has 180 valence electrons. The summed E-state index contributed by atoms with van der Waals surface area (Å²) in [6.45, 7) is 0.456. The van der Waals surface area contributed by atoms with Crippen molar-refractivity contribution >= 4 is 46.8 Å². The van der Waals surface area contributed by atoms with Crippen molar-refractivity contribution in [1.82, 2.24) is 10.6 Å². The molecule has 0 bridgehead atoms. The van der Waals surface area contributed by atoms with Gasteiger partial charge in [-0.25, -0.2) is 4.79 Å². The van der Waals surface area contributed by atoms with Crippen molar-refractivity contribution in [3.63, 3.8) is 0 Å². The first kappa shape index (κ1) is 23.8. The van der Waals surface area contributed by atoms with Crippen molar-refractivity contribution in [2.45, 2.75) is 62.0 Å². The zero-order valence-electron chi connectivity index (χ0n) is 18.7. The summed E-state index contributed by atoms with van der Waals surface area (Å²) in [5.41, 5.74) is 1.01. The molecule has 0 radical (unpaired) electrons. The highest BCUT2D eigenvalue weighted by molar-refractivity contribution is 6.35. The Morgan fingerprint density at radius 3 is 2.41 bits per heavy atom. The summed E-state index contributed by atoms with van der Waals surface area (Å²) >= 11 is 19.0. The molecule has 2 saturated carbocycles. The molecule has 3 fully saturated rings. The number of amides is 2. The summed E-state index contributed by atoms with van der Waals surface area (Å²) in [5.74, 6) is -0.358. The molecule has 8 heteroatoms. The highest BCUT2D eigenvalue weighted by Crippen LogP contribution is 2.54. The van der Waals surface area contributed by atoms with Gasteiger partial charge in [0.15, 0.2) is 0 Å². The molecule has 0 spiro atoms. The van der Waals surface area contributed by atoms with Crippen LogP contribution < -0.4 is 10.6 Å². The number of halogens is 3. The third kappa shape index (κ3) is 4.38. The fraction of sp³-hybridized carbons (Fsp3) is 0.462. The number of benzene rings is 2. The fourth-order valence-corrected chi connectivity index (χ4v) is 6.84. The van der Waals surface area contributed by atoms with Gasteiger partial charge in [-0.2, -0.15) is 0 Å². The second-order valence-electron chi connectivity index (χ2n) is 9.61. The maximum atomic E-state index is 13.2. The highest BCUT2D eigenvalue weighted by Gasteiger charge is 2.59. The van der Waals surface area contributed by atoms with E-state index < -0.39 is 11.6 Å². The van der Waals surface area contributed by atoms with Crippen molar-refractivity contribution in [3.8, 4) is 0 Å². The van der Waals surface area contributed by atoms with Gasteiger partial charge in [0, 0.05) is 27.5 Å². The Hall–Kier alpha value is -1.95. The van der Waals surface area contributed by atoms with Gasteiger partial charge in [0.05, 0.1) is 0 Å². The summed E-state index contributed by atoms with van der Waals surface area (Å²) in [4.78, 5) is 26.2. The molecule has 1 aliphatic heterocycles. The molecule has 2 amide bonds. The van der Waals surface area contributed by atoms with E-state index in [1.165, 1.54) is 0 Å². The van der Waals surface area contributed by atoms with Crippen LogP contribution in [-0.4, -0.2) is 30.2 Å². The Morgan fingerprint density at radius 2 is 1.71 bits per heavy atom. The molecular weight excluding hydrogens is 495 g/mol. The lowest BCUT2D eigenvalue weighted by atomic mass is 9.60. The summed E-state index contributed by atoms with van der Waals surface area (Å²) in [6.07, 6.45) is 4.46. The predicted molar refractivity (Wildman–Crippen MR) is 134 cm³/mol. The molecule has 3 aliphatic rings. The molecule has 34 heavy (non-hydrogen) atoms. The van der Waals surface area contributed by atoms with Crippen LogP contribution in [0, 0.1) is 5.92 Å². The standard InChI is InChI=1S/C26H27Cl3N2O3/c27-16-7-5-15(6-8-16)23-20(19-10-9-17(28)13-22(19)29)11-12-26(21(23)14-30-24(26)32)31-25(33)34-18-3-1-2-4-18/h5-10,13,18,20-21,23H,1-4,11-12,14H2,(H,30,32)(H,31,33)/t20-,21-,23-,26-/m0/s1. The molecule has 5 nitrogen and oxygen atoms in total. The summed E-state index contributed by atoms with van der Waals surface area (Å²) in [6, 6.07) is 13.3. The molecule has 2 aromatic carbocycles. The van der Waals surface area contributed by atoms with Gasteiger partial charge in [-0.1, -0.05) is 53.0 Å². The monoisotopic (exact) mass is 520 g/mol. The molecule has 5 rings (SSSR count). The van der Waals surface area contributed by atoms with Crippen LogP contribution in [0.4, 0.5) is 4.79 Å². The first-order chi connectivity index (χ1) is 16.4. The molecule has 2 aromatic rings. The van der Waals surface area contributed by atoms with E-state index in [1.807, 2.05) is 36.4 Å². The Bertz CT molecular complexity index is 1090. The van der Waals surface area contributed by atoms with Crippen molar-refractivity contribution in [2.24, 2.45) is 5.92 Å². The summed E-state index contributed by atoms with van der Waals surface area (Å²) in [7, 11) is 0. The van der Waals surface area contributed by atoms with Crippen LogP contribution in [0.1, 0.15) is 61.5 Å². The van der Waals surface area contributed by atoms with Gasteiger partial charge in [0.1, 0.15) is 11.6 Å². The quantitative estimate of drug-likeness (QED) is 0.485. The second kappa shape index (κ2) is 9.60. The number of fused-ring (bicyclic) bond motifs is 1. The van der Waals surface area contributed by atoms with Crippen molar-refractivity contribution in [3.05, 3.63) is 68.7 Å². The summed E-state index contributed by atoms with van der Waals surface area (Å²) < 4.78 is 5.68. The van der Waals surface area contributed by atoms with Crippen LogP contribution in [-0.2, 0) is 9.53 Å². The minimum absolute atomic E-state index is 0.0458. The molecule has 0 aromatic heterocycles. The smallest absolute Gasteiger partial charge is 0.408 e. The average molecular weight is 522 g/mol. The number of nitrogens with one attached hydrogen (secondary N) is 2. The SMILES string of the molecule is O=C(N[C@@]12CC[C@@H](c3ccc(Cl)cc3Cl)[C@H](c3ccc(Cl)cc3)[C@@H]1CNC2=O)OC1CCCC1. The Labute approximate surface area is 214 Å². The van der Waals surface area contributed by atoms with Crippen molar-refractivity contribution in [2.75, 3.05) is 6.54 Å². The number of carbonyl (C=O) groups excluding carboxylic acids is 2. The molecule has 2 N–H and O–H groups in total. The number of hydrogen-bond acceptors (Lipinski definition) is 3. The Morgan fingerprint density at radius 1 is 1.00 bits per heavy atom. The maximum Gasteiger partial charge on any atom is 0.408 e. The molecular formula is C26H27Cl3N2O3. The second-order valence-corrected chi connectivity index (χ2v) is 10.9. The van der Waals surface area contributed by atoms with Gasteiger partial charge in [-0.15, -0.1) is 0 Å². The zero-order valence-corrected chi connectivity index (χ0v) is 20.9. The van der Waals surface area contributed by atoms with Crippen LogP contribution in [0.25, 0.3) is 0 Å². The lowest BCUT2D eigenvalue weighted by Crippen LogP contribution is -2.61. The van der Waals surface area contributed by atoms with Crippen LogP contribution in [0.5, 0.6) is 0 Å². The largest absolute Gasteiger partial charge is 0.446 e. The number of carbonyl (C=O) groups is 2. The Kier molecular flexibility index (Phi) is 6.71. The van der Waals surface area contributed by atoms with Crippen LogP contribution in [0.3, 0.4) is 0 Å². The third-order valence-electron chi connectivity index (χ3n) is 7.76. The molecule has 2 aliphatic carbocycles. The predicted octanol–water partition coefficient (Wildman–Crippen LogP) is 6.46. The van der Waals surface area contributed by atoms with Crippen molar-refractivity contribution < 1.29 is 14.3 Å². The van der Waals surface area contributed by atoms with Gasteiger partial charge in [-0.3, -0.25) is 4.79 Å². The van der Waals surface area contributed by atoms with Crippen molar-refractivity contribution in [1.29, 1.82) is 0 Å². The van der Waals surface area contributed by atoms with Gasteiger partial charge in [0.25, 0.3) is 0 Å². The molecule has 1 saturated heterocycles. The number of alkyl carbamates (subject to hydrolysis) is 1. The zero-order chi connectivity index (χ0) is 23.9. The van der Waals surface area contributed by atoms with Gasteiger partial charge in [0.2, 0.25) is 5.91 Å². The van der Waals surface area contributed by atoms with E-state index in [-0.39, 0.29) is 29.8 Å². The minimum atomic E-state index is -1.03. The van der Waals surface area contributed by atoms with Gasteiger partial charge >= 0.3 is 6.09 Å². The topological polar surface area (TPSA) is 67.4 Å². The van der Waals surface area contributed by atoms with Gasteiger partial charge in [-0.05, 0) is 85.8 Å². The molecule has 0 unspecified atom stereocenters. The first-order valence-corrected chi connectivity index (χ1v) is 13.0.